The number of aromatic amines is 1. The highest BCUT2D eigenvalue weighted by Crippen LogP contribution is 2.23. The third-order valence-electron chi connectivity index (χ3n) is 5.57. The molecule has 0 bridgehead atoms. The molecule has 12 heteroatoms. The second kappa shape index (κ2) is 8.94. The Kier molecular flexibility index (Phi) is 6.44. The number of sulfone groups is 1. The van der Waals surface area contributed by atoms with Crippen molar-refractivity contribution >= 4 is 44.2 Å². The predicted octanol–water partition coefficient (Wildman–Crippen LogP) is 1.20. The molecule has 2 saturated heterocycles. The first kappa shape index (κ1) is 22.3. The number of nitrogens with one attached hydrogen (secondary N) is 1. The summed E-state index contributed by atoms with van der Waals surface area (Å²) in [6, 6.07) is 9.88. The molecular weight excluding hydrogens is 458 g/mol. The van der Waals surface area contributed by atoms with Crippen LogP contribution >= 0.6 is 12.2 Å². The van der Waals surface area contributed by atoms with Crippen molar-refractivity contribution in [1.29, 1.82) is 0 Å². The van der Waals surface area contributed by atoms with Gasteiger partial charge in [-0.2, -0.15) is 9.29 Å². The Hall–Kier alpha value is -1.86. The van der Waals surface area contributed by atoms with Crippen LogP contribution in [0.1, 0.15) is 17.8 Å². The molecule has 4 rings (SSSR count). The minimum absolute atomic E-state index is 0.0456. The lowest BCUT2D eigenvalue weighted by atomic mass is 10.2. The van der Waals surface area contributed by atoms with Gasteiger partial charge in [0.25, 0.3) is 0 Å². The number of aromatic nitrogens is 3. The maximum absolute atomic E-state index is 12.8. The lowest BCUT2D eigenvalue weighted by molar-refractivity contribution is 0.144. The molecule has 2 aliphatic rings. The van der Waals surface area contributed by atoms with Crippen LogP contribution in [0.15, 0.2) is 30.3 Å². The largest absolute Gasteiger partial charge is 0.282 e. The van der Waals surface area contributed by atoms with Crippen molar-refractivity contribution in [2.45, 2.75) is 18.3 Å². The van der Waals surface area contributed by atoms with Gasteiger partial charge in [-0.1, -0.05) is 36.4 Å². The van der Waals surface area contributed by atoms with E-state index >= 15 is 0 Å². The van der Waals surface area contributed by atoms with Crippen molar-refractivity contribution < 1.29 is 16.8 Å². The zero-order chi connectivity index (χ0) is 22.1. The number of H-pyrrole nitrogens is 1. The van der Waals surface area contributed by atoms with Gasteiger partial charge in [0.15, 0.2) is 9.84 Å². The number of piperazine rings is 1. The predicted molar refractivity (Wildman–Crippen MR) is 122 cm³/mol. The number of sulfonamides is 1. The summed E-state index contributed by atoms with van der Waals surface area (Å²) in [6.07, 6.45) is 4.00. The molecule has 0 amide bonds. The molecule has 2 fully saturated rings. The molecule has 1 atom stereocenters. The van der Waals surface area contributed by atoms with Crippen molar-refractivity contribution in [2.24, 2.45) is 0 Å². The maximum atomic E-state index is 12.8. The van der Waals surface area contributed by atoms with Crippen LogP contribution in [-0.4, -0.2) is 83.7 Å². The van der Waals surface area contributed by atoms with Crippen LogP contribution in [0.2, 0.25) is 0 Å². The molecule has 3 heterocycles. The van der Waals surface area contributed by atoms with E-state index in [2.05, 4.69) is 15.0 Å². The van der Waals surface area contributed by atoms with Crippen molar-refractivity contribution in [3.05, 3.63) is 46.5 Å². The molecule has 0 spiro atoms. The fourth-order valence-electron chi connectivity index (χ4n) is 3.82. The van der Waals surface area contributed by atoms with Gasteiger partial charge in [0.1, 0.15) is 5.82 Å². The van der Waals surface area contributed by atoms with Crippen LogP contribution in [-0.2, 0) is 26.5 Å². The van der Waals surface area contributed by atoms with E-state index in [9.17, 15) is 16.8 Å². The van der Waals surface area contributed by atoms with Gasteiger partial charge in [-0.15, -0.1) is 0 Å². The fourth-order valence-corrected chi connectivity index (χ4v) is 8.53. The molecular formula is C19H25N5O4S3. The van der Waals surface area contributed by atoms with E-state index in [0.29, 0.717) is 43.4 Å². The van der Waals surface area contributed by atoms with E-state index in [-0.39, 0.29) is 17.9 Å². The van der Waals surface area contributed by atoms with Crippen LogP contribution < -0.4 is 0 Å². The smallest absolute Gasteiger partial charge is 0.218 e. The zero-order valence-electron chi connectivity index (χ0n) is 16.9. The molecule has 2 aliphatic heterocycles. The molecule has 1 N–H and O–H groups in total. The Bertz CT molecular complexity index is 1210. The molecule has 1 aromatic carbocycles. The molecule has 1 unspecified atom stereocenters. The fraction of sp³-hybridized carbons (Fsp3) is 0.474. The quantitative estimate of drug-likeness (QED) is 0.615. The van der Waals surface area contributed by atoms with Gasteiger partial charge in [-0.25, -0.2) is 21.5 Å². The molecule has 168 valence electrons. The van der Waals surface area contributed by atoms with Gasteiger partial charge in [0.2, 0.25) is 14.8 Å². The average Bonchev–Trinajstić information content (AvgIpc) is 3.29. The first-order valence-electron chi connectivity index (χ1n) is 10.0. The summed E-state index contributed by atoms with van der Waals surface area (Å²) in [7, 11) is -6.84. The van der Waals surface area contributed by atoms with Gasteiger partial charge in [0.05, 0.1) is 23.4 Å². The van der Waals surface area contributed by atoms with Crippen molar-refractivity contribution in [3.8, 4) is 0 Å². The van der Waals surface area contributed by atoms with E-state index in [1.807, 2.05) is 42.5 Å². The summed E-state index contributed by atoms with van der Waals surface area (Å²) in [5, 5.41) is 2.35. The molecule has 0 aliphatic carbocycles. The molecule has 31 heavy (non-hydrogen) atoms. The minimum Gasteiger partial charge on any atom is -0.282 e. The van der Waals surface area contributed by atoms with Gasteiger partial charge < -0.3 is 0 Å². The van der Waals surface area contributed by atoms with Gasteiger partial charge in [0, 0.05) is 26.2 Å². The Labute approximate surface area is 187 Å². The second-order valence-electron chi connectivity index (χ2n) is 7.79. The number of hydrogen-bond acceptors (Lipinski definition) is 7. The van der Waals surface area contributed by atoms with Gasteiger partial charge >= 0.3 is 0 Å². The number of nitrogens with zero attached hydrogens (tertiary/aromatic N) is 4. The van der Waals surface area contributed by atoms with E-state index < -0.39 is 25.1 Å². The highest BCUT2D eigenvalue weighted by molar-refractivity contribution is 7.95. The lowest BCUT2D eigenvalue weighted by Crippen LogP contribution is -2.51. The zero-order valence-corrected chi connectivity index (χ0v) is 19.4. The second-order valence-corrected chi connectivity index (χ2v) is 12.6. The topological polar surface area (TPSA) is 108 Å². The molecule has 1 aromatic heterocycles. The summed E-state index contributed by atoms with van der Waals surface area (Å²) in [5.74, 6) is 0.339. The molecule has 0 radical (unpaired) electrons. The van der Waals surface area contributed by atoms with Crippen molar-refractivity contribution in [2.75, 3.05) is 37.7 Å². The summed E-state index contributed by atoms with van der Waals surface area (Å²) >= 11 is 5.35. The number of rotatable bonds is 6. The van der Waals surface area contributed by atoms with E-state index in [1.54, 1.807) is 4.68 Å². The van der Waals surface area contributed by atoms with E-state index in [4.69, 9.17) is 12.2 Å². The highest BCUT2D eigenvalue weighted by Gasteiger charge is 2.41. The van der Waals surface area contributed by atoms with Crippen molar-refractivity contribution in [3.63, 3.8) is 0 Å². The Morgan fingerprint density at radius 3 is 2.48 bits per heavy atom. The Balaban J connectivity index is 1.35. The molecule has 0 saturated carbocycles. The van der Waals surface area contributed by atoms with Gasteiger partial charge in [-0.3, -0.25) is 10.00 Å². The van der Waals surface area contributed by atoms with E-state index in [1.165, 1.54) is 4.31 Å². The van der Waals surface area contributed by atoms with E-state index in [0.717, 1.165) is 5.56 Å². The molecule has 2 aromatic rings. The number of hydrogen-bond donors (Lipinski definition) is 1. The van der Waals surface area contributed by atoms with Crippen molar-refractivity contribution in [1.82, 2.24) is 24.0 Å². The van der Waals surface area contributed by atoms with Crippen LogP contribution in [0.5, 0.6) is 0 Å². The Morgan fingerprint density at radius 1 is 1.13 bits per heavy atom. The lowest BCUT2D eigenvalue weighted by Gasteiger charge is -2.35. The third kappa shape index (κ3) is 5.32. The normalized spacial score (nSPS) is 22.9. The van der Waals surface area contributed by atoms with Crippen LogP contribution in [0.25, 0.3) is 12.2 Å². The monoisotopic (exact) mass is 483 g/mol. The summed E-state index contributed by atoms with van der Waals surface area (Å²) in [4.78, 5) is 6.45. The summed E-state index contributed by atoms with van der Waals surface area (Å²) in [5.41, 5.74) is 1.06. The summed E-state index contributed by atoms with van der Waals surface area (Å²) < 4.78 is 52.5. The third-order valence-corrected chi connectivity index (χ3v) is 10.2. The SMILES string of the molecule is O=S1(=O)CCC(S(=O)(=O)N2CCN(Cn3[nH]c(C=Cc4ccccc4)nc3=S)CC2)C1. The maximum Gasteiger partial charge on any atom is 0.218 e. The van der Waals surface area contributed by atoms with Crippen LogP contribution in [0, 0.1) is 4.77 Å². The standard InChI is InChI=1S/C19H25N5O4S3/c25-30(26)13-8-17(14-30)31(27,28)23-11-9-22(10-12-23)15-24-19(29)20-18(21-24)7-6-16-4-2-1-3-5-16/h1-7,17H,8-15H2,(H,20,21,29). The highest BCUT2D eigenvalue weighted by atomic mass is 32.2. The van der Waals surface area contributed by atoms with Gasteiger partial charge in [-0.05, 0) is 30.3 Å². The number of benzene rings is 1. The molecule has 9 nitrogen and oxygen atoms in total. The summed E-state index contributed by atoms with van der Waals surface area (Å²) in [6.45, 7) is 2.22. The van der Waals surface area contributed by atoms with Crippen LogP contribution in [0.3, 0.4) is 0 Å². The Morgan fingerprint density at radius 2 is 1.84 bits per heavy atom. The first-order chi connectivity index (χ1) is 14.7. The average molecular weight is 484 g/mol. The minimum atomic E-state index is -3.60. The van der Waals surface area contributed by atoms with Crippen LogP contribution in [0.4, 0.5) is 0 Å². The first-order valence-corrected chi connectivity index (χ1v) is 13.8.